The van der Waals surface area contributed by atoms with Gasteiger partial charge in [-0.1, -0.05) is 28.8 Å². The predicted molar refractivity (Wildman–Crippen MR) is 46.3 cm³/mol. The highest BCUT2D eigenvalue weighted by atomic mass is 79.9. The molecule has 0 aliphatic heterocycles. The van der Waals surface area contributed by atoms with Gasteiger partial charge in [-0.2, -0.15) is 0 Å². The molecule has 0 bridgehead atoms. The van der Waals surface area contributed by atoms with Gasteiger partial charge in [0.2, 0.25) is 0 Å². The second-order valence-corrected chi connectivity index (χ2v) is 3.79. The molecule has 0 unspecified atom stereocenters. The van der Waals surface area contributed by atoms with Crippen LogP contribution in [0.15, 0.2) is 0 Å². The van der Waals surface area contributed by atoms with Crippen molar-refractivity contribution in [1.82, 2.24) is 0 Å². The van der Waals surface area contributed by atoms with Crippen LogP contribution in [0.2, 0.25) is 0 Å². The summed E-state index contributed by atoms with van der Waals surface area (Å²) in [6.45, 7) is 0.385. The van der Waals surface area contributed by atoms with Crippen LogP contribution in [0.1, 0.15) is 25.7 Å². The second-order valence-electron chi connectivity index (χ2n) is 3.14. The minimum Gasteiger partial charge on any atom is -0.396 e. The first-order valence-electron chi connectivity index (χ1n) is 4.05. The molecule has 0 spiro atoms. The van der Waals surface area contributed by atoms with Gasteiger partial charge in [-0.05, 0) is 24.7 Å². The van der Waals surface area contributed by atoms with E-state index in [1.165, 1.54) is 25.7 Å². The van der Waals surface area contributed by atoms with E-state index in [2.05, 4.69) is 15.9 Å². The Bertz CT molecular complexity index is 83.3. The van der Waals surface area contributed by atoms with E-state index in [9.17, 15) is 0 Å². The molecule has 2 atom stereocenters. The molecule has 0 heterocycles. The van der Waals surface area contributed by atoms with Crippen molar-refractivity contribution >= 4 is 15.9 Å². The molecule has 0 aromatic rings. The predicted octanol–water partition coefficient (Wildman–Crippen LogP) is 2.18. The minimum atomic E-state index is 0.385. The average Bonchev–Trinajstić information content (AvgIpc) is 2.04. The monoisotopic (exact) mass is 206 g/mol. The number of hydrogen-bond acceptors (Lipinski definition) is 1. The number of halogens is 1. The second kappa shape index (κ2) is 4.35. The van der Waals surface area contributed by atoms with E-state index in [4.69, 9.17) is 5.11 Å². The van der Waals surface area contributed by atoms with Gasteiger partial charge in [-0.15, -0.1) is 0 Å². The molecule has 0 saturated heterocycles. The minimum absolute atomic E-state index is 0.385. The Morgan fingerprint density at radius 2 is 1.80 bits per heavy atom. The molecule has 1 aliphatic carbocycles. The van der Waals surface area contributed by atoms with E-state index in [1.807, 2.05) is 0 Å². The summed E-state index contributed by atoms with van der Waals surface area (Å²) in [5.74, 6) is 1.31. The van der Waals surface area contributed by atoms with E-state index in [1.54, 1.807) is 0 Å². The zero-order chi connectivity index (χ0) is 7.40. The Morgan fingerprint density at radius 1 is 1.20 bits per heavy atom. The van der Waals surface area contributed by atoms with Gasteiger partial charge in [0, 0.05) is 11.9 Å². The van der Waals surface area contributed by atoms with Crippen LogP contribution in [-0.2, 0) is 0 Å². The maximum absolute atomic E-state index is 8.97. The van der Waals surface area contributed by atoms with Crippen LogP contribution in [0.5, 0.6) is 0 Å². The fraction of sp³-hybridized carbons (Fsp3) is 1.00. The smallest absolute Gasteiger partial charge is 0.0462 e. The van der Waals surface area contributed by atoms with Crippen molar-refractivity contribution in [2.45, 2.75) is 25.7 Å². The first kappa shape index (κ1) is 8.54. The lowest BCUT2D eigenvalue weighted by molar-refractivity contribution is 0.147. The van der Waals surface area contributed by atoms with Gasteiger partial charge in [-0.25, -0.2) is 0 Å². The van der Waals surface area contributed by atoms with Crippen LogP contribution < -0.4 is 0 Å². The maximum Gasteiger partial charge on any atom is 0.0462 e. The van der Waals surface area contributed by atoms with E-state index in [0.717, 1.165) is 11.2 Å². The quantitative estimate of drug-likeness (QED) is 0.688. The van der Waals surface area contributed by atoms with Crippen molar-refractivity contribution in [2.24, 2.45) is 11.8 Å². The van der Waals surface area contributed by atoms with Gasteiger partial charge in [0.15, 0.2) is 0 Å². The molecule has 1 nitrogen and oxygen atoms in total. The van der Waals surface area contributed by atoms with E-state index in [0.29, 0.717) is 12.5 Å². The number of aliphatic hydroxyl groups is 1. The number of aliphatic hydroxyl groups excluding tert-OH is 1. The standard InChI is InChI=1S/C8H15BrO/c9-5-7-3-1-2-4-8(7)6-10/h7-8,10H,1-6H2/t7-,8+/m0/s1. The topological polar surface area (TPSA) is 20.2 Å². The summed E-state index contributed by atoms with van der Waals surface area (Å²) in [4.78, 5) is 0. The molecule has 0 aromatic heterocycles. The summed E-state index contributed by atoms with van der Waals surface area (Å²) in [6.07, 6.45) is 5.20. The normalized spacial score (nSPS) is 34.2. The Hall–Kier alpha value is 0.440. The van der Waals surface area contributed by atoms with Gasteiger partial charge in [0.25, 0.3) is 0 Å². The van der Waals surface area contributed by atoms with Crippen LogP contribution in [0, 0.1) is 11.8 Å². The molecular formula is C8H15BrO. The van der Waals surface area contributed by atoms with Crippen LogP contribution in [0.25, 0.3) is 0 Å². The third kappa shape index (κ3) is 1.96. The van der Waals surface area contributed by atoms with Crippen LogP contribution in [0.3, 0.4) is 0 Å². The highest BCUT2D eigenvalue weighted by molar-refractivity contribution is 9.09. The Kier molecular flexibility index (Phi) is 3.71. The molecule has 2 heteroatoms. The lowest BCUT2D eigenvalue weighted by Gasteiger charge is -2.28. The van der Waals surface area contributed by atoms with E-state index in [-0.39, 0.29) is 0 Å². The molecule has 1 rings (SSSR count). The van der Waals surface area contributed by atoms with Crippen molar-refractivity contribution < 1.29 is 5.11 Å². The highest BCUT2D eigenvalue weighted by Crippen LogP contribution is 2.30. The molecule has 1 fully saturated rings. The first-order chi connectivity index (χ1) is 4.88. The van der Waals surface area contributed by atoms with Crippen molar-refractivity contribution in [3.63, 3.8) is 0 Å². The Balaban J connectivity index is 2.34. The lowest BCUT2D eigenvalue weighted by Crippen LogP contribution is -2.23. The Morgan fingerprint density at radius 3 is 2.20 bits per heavy atom. The summed E-state index contributed by atoms with van der Waals surface area (Å²) < 4.78 is 0. The molecule has 0 aromatic carbocycles. The average molecular weight is 207 g/mol. The molecule has 1 aliphatic rings. The SMILES string of the molecule is OC[C@H]1CCCC[C@H]1CBr. The van der Waals surface area contributed by atoms with Crippen molar-refractivity contribution in [3.05, 3.63) is 0 Å². The van der Waals surface area contributed by atoms with Crippen LogP contribution in [0.4, 0.5) is 0 Å². The molecule has 1 saturated carbocycles. The molecule has 0 amide bonds. The molecular weight excluding hydrogens is 192 g/mol. The lowest BCUT2D eigenvalue weighted by atomic mass is 9.81. The van der Waals surface area contributed by atoms with Gasteiger partial charge in [0.1, 0.15) is 0 Å². The summed E-state index contributed by atoms with van der Waals surface area (Å²) in [7, 11) is 0. The van der Waals surface area contributed by atoms with E-state index < -0.39 is 0 Å². The van der Waals surface area contributed by atoms with Gasteiger partial charge >= 0.3 is 0 Å². The number of hydrogen-bond donors (Lipinski definition) is 1. The van der Waals surface area contributed by atoms with Gasteiger partial charge < -0.3 is 5.11 Å². The highest BCUT2D eigenvalue weighted by Gasteiger charge is 2.22. The fourth-order valence-electron chi connectivity index (χ4n) is 1.73. The molecule has 0 radical (unpaired) electrons. The summed E-state index contributed by atoms with van der Waals surface area (Å²) >= 11 is 3.48. The summed E-state index contributed by atoms with van der Waals surface area (Å²) in [6, 6.07) is 0. The van der Waals surface area contributed by atoms with E-state index >= 15 is 0 Å². The summed E-state index contributed by atoms with van der Waals surface area (Å²) in [5.41, 5.74) is 0. The van der Waals surface area contributed by atoms with Crippen molar-refractivity contribution in [2.75, 3.05) is 11.9 Å². The maximum atomic E-state index is 8.97. The van der Waals surface area contributed by atoms with Crippen molar-refractivity contribution in [3.8, 4) is 0 Å². The van der Waals surface area contributed by atoms with Gasteiger partial charge in [-0.3, -0.25) is 0 Å². The Labute approximate surface area is 70.9 Å². The van der Waals surface area contributed by atoms with Crippen LogP contribution in [-0.4, -0.2) is 17.0 Å². The zero-order valence-corrected chi connectivity index (χ0v) is 7.81. The zero-order valence-electron chi connectivity index (χ0n) is 6.22. The summed E-state index contributed by atoms with van der Waals surface area (Å²) in [5, 5.41) is 10.0. The number of alkyl halides is 1. The molecule has 1 N–H and O–H groups in total. The molecule has 60 valence electrons. The number of rotatable bonds is 2. The van der Waals surface area contributed by atoms with Gasteiger partial charge in [0.05, 0.1) is 0 Å². The third-order valence-corrected chi connectivity index (χ3v) is 3.33. The first-order valence-corrected chi connectivity index (χ1v) is 5.17. The van der Waals surface area contributed by atoms with Crippen LogP contribution >= 0.6 is 15.9 Å². The fourth-order valence-corrected chi connectivity index (χ4v) is 2.58. The molecule has 10 heavy (non-hydrogen) atoms. The largest absolute Gasteiger partial charge is 0.396 e. The van der Waals surface area contributed by atoms with Crippen molar-refractivity contribution in [1.29, 1.82) is 0 Å². The third-order valence-electron chi connectivity index (χ3n) is 2.50.